The van der Waals surface area contributed by atoms with Crippen LogP contribution in [0.1, 0.15) is 31.2 Å². The number of nitrogens with zero attached hydrogens (tertiary/aromatic N) is 2. The van der Waals surface area contributed by atoms with Crippen molar-refractivity contribution in [2.75, 3.05) is 4.90 Å². The summed E-state index contributed by atoms with van der Waals surface area (Å²) in [4.78, 5) is 18.6. The number of anilines is 1. The molecule has 1 saturated carbocycles. The van der Waals surface area contributed by atoms with Gasteiger partial charge in [-0.2, -0.15) is 0 Å². The third-order valence-electron chi connectivity index (χ3n) is 4.39. The van der Waals surface area contributed by atoms with E-state index in [-0.39, 0.29) is 12.6 Å². The summed E-state index contributed by atoms with van der Waals surface area (Å²) in [5.74, 6) is 0.493. The molecule has 1 fully saturated rings. The number of halogens is 1. The van der Waals surface area contributed by atoms with Crippen LogP contribution in [0, 0.1) is 0 Å². The van der Waals surface area contributed by atoms with Crippen LogP contribution in [0.15, 0.2) is 53.1 Å². The molecule has 0 radical (unpaired) electrons. The van der Waals surface area contributed by atoms with Gasteiger partial charge in [0.15, 0.2) is 0 Å². The molecule has 0 saturated heterocycles. The van der Waals surface area contributed by atoms with E-state index in [4.69, 9.17) is 4.74 Å². The summed E-state index contributed by atoms with van der Waals surface area (Å²) < 4.78 is 6.33. The first-order valence-electron chi connectivity index (χ1n) is 8.44. The third-order valence-corrected chi connectivity index (χ3v) is 4.86. The molecule has 1 aromatic carbocycles. The molecule has 1 amide bonds. The van der Waals surface area contributed by atoms with Crippen LogP contribution in [0.4, 0.5) is 10.6 Å². The van der Waals surface area contributed by atoms with Crippen LogP contribution in [0.5, 0.6) is 0 Å². The maximum absolute atomic E-state index is 12.8. The molecular formula is C19H21BrN2O3. The number of hydrogen-bond donors (Lipinski definition) is 1. The predicted octanol–water partition coefficient (Wildman–Crippen LogP) is 4.29. The molecule has 2 aromatic rings. The number of rotatable bonds is 4. The van der Waals surface area contributed by atoms with Crippen molar-refractivity contribution in [3.8, 4) is 0 Å². The van der Waals surface area contributed by atoms with Crippen molar-refractivity contribution in [3.63, 3.8) is 0 Å². The molecular weight excluding hydrogens is 384 g/mol. The summed E-state index contributed by atoms with van der Waals surface area (Å²) in [5.41, 5.74) is 0.920. The van der Waals surface area contributed by atoms with Gasteiger partial charge in [-0.3, -0.25) is 4.90 Å². The second-order valence-corrected chi connectivity index (χ2v) is 7.08. The highest BCUT2D eigenvalue weighted by molar-refractivity contribution is 9.10. The monoisotopic (exact) mass is 404 g/mol. The zero-order valence-electron chi connectivity index (χ0n) is 13.8. The van der Waals surface area contributed by atoms with E-state index < -0.39 is 12.2 Å². The van der Waals surface area contributed by atoms with E-state index in [1.54, 1.807) is 12.3 Å². The van der Waals surface area contributed by atoms with E-state index in [9.17, 15) is 9.90 Å². The smallest absolute Gasteiger partial charge is 0.416 e. The zero-order valence-corrected chi connectivity index (χ0v) is 15.4. The number of carbonyl (C=O) groups is 1. The molecule has 132 valence electrons. The molecule has 0 bridgehead atoms. The fraction of sp³-hybridized carbons (Fsp3) is 0.368. The number of hydrogen-bond acceptors (Lipinski definition) is 4. The van der Waals surface area contributed by atoms with Gasteiger partial charge in [-0.1, -0.05) is 43.2 Å². The maximum Gasteiger partial charge on any atom is 0.416 e. The van der Waals surface area contributed by atoms with Crippen LogP contribution in [0.3, 0.4) is 0 Å². The van der Waals surface area contributed by atoms with Gasteiger partial charge in [0.1, 0.15) is 12.4 Å². The summed E-state index contributed by atoms with van der Waals surface area (Å²) in [7, 11) is 0. The molecule has 1 aliphatic rings. The van der Waals surface area contributed by atoms with Crippen LogP contribution >= 0.6 is 15.9 Å². The largest absolute Gasteiger partial charge is 0.444 e. The van der Waals surface area contributed by atoms with Crippen LogP contribution < -0.4 is 4.90 Å². The Morgan fingerprint density at radius 1 is 1.20 bits per heavy atom. The number of pyridine rings is 1. The average Bonchev–Trinajstić information content (AvgIpc) is 2.64. The molecule has 3 rings (SSSR count). The number of aliphatic hydroxyl groups is 1. The Bertz CT molecular complexity index is 694. The van der Waals surface area contributed by atoms with E-state index in [1.807, 2.05) is 36.4 Å². The van der Waals surface area contributed by atoms with Gasteiger partial charge in [0.05, 0.1) is 12.1 Å². The number of amides is 1. The summed E-state index contributed by atoms with van der Waals surface area (Å²) in [6.45, 7) is 0.190. The molecule has 1 N–H and O–H groups in total. The van der Waals surface area contributed by atoms with Crippen molar-refractivity contribution in [2.24, 2.45) is 0 Å². The second-order valence-electron chi connectivity index (χ2n) is 6.16. The van der Waals surface area contributed by atoms with Gasteiger partial charge in [-0.05, 0) is 46.5 Å². The Hall–Kier alpha value is -1.92. The van der Waals surface area contributed by atoms with Crippen molar-refractivity contribution in [1.29, 1.82) is 0 Å². The number of benzene rings is 1. The maximum atomic E-state index is 12.8. The quantitative estimate of drug-likeness (QED) is 0.825. The molecule has 25 heavy (non-hydrogen) atoms. The molecule has 1 aromatic heterocycles. The fourth-order valence-corrected chi connectivity index (χ4v) is 3.33. The first kappa shape index (κ1) is 17.9. The van der Waals surface area contributed by atoms with E-state index in [1.165, 1.54) is 4.90 Å². The fourth-order valence-electron chi connectivity index (χ4n) is 3.09. The Kier molecular flexibility index (Phi) is 6.04. The Balaban J connectivity index is 1.79. The lowest BCUT2D eigenvalue weighted by atomic mass is 9.91. The van der Waals surface area contributed by atoms with Crippen molar-refractivity contribution >= 4 is 27.8 Å². The number of aliphatic hydroxyl groups excluding tert-OH is 1. The lowest BCUT2D eigenvalue weighted by molar-refractivity contribution is 0.0921. The van der Waals surface area contributed by atoms with Crippen molar-refractivity contribution in [1.82, 2.24) is 4.98 Å². The SMILES string of the molecule is O=C(OCc1ccccc1)N(c1ccc(Br)cn1)[C@H]1CCCC[C@@H]1O. The van der Waals surface area contributed by atoms with Crippen LogP contribution in [0.25, 0.3) is 0 Å². The molecule has 5 nitrogen and oxygen atoms in total. The van der Waals surface area contributed by atoms with Gasteiger partial charge in [-0.15, -0.1) is 0 Å². The van der Waals surface area contributed by atoms with E-state index in [0.29, 0.717) is 12.2 Å². The summed E-state index contributed by atoms with van der Waals surface area (Å²) in [5, 5.41) is 10.4. The molecule has 1 heterocycles. The second kappa shape index (κ2) is 8.45. The molecule has 0 aliphatic heterocycles. The van der Waals surface area contributed by atoms with Crippen molar-refractivity contribution in [2.45, 2.75) is 44.4 Å². The Morgan fingerprint density at radius 2 is 1.96 bits per heavy atom. The minimum absolute atomic E-state index is 0.190. The normalized spacial score (nSPS) is 20.1. The standard InChI is InChI=1S/C19H21BrN2O3/c20-15-10-11-18(21-12-15)22(16-8-4-5-9-17(16)23)19(24)25-13-14-6-2-1-3-7-14/h1-3,6-7,10-12,16-17,23H,4-5,8-9,13H2/t16-,17-/m0/s1. The van der Waals surface area contributed by atoms with Gasteiger partial charge in [-0.25, -0.2) is 9.78 Å². The minimum Gasteiger partial charge on any atom is -0.444 e. The molecule has 6 heteroatoms. The van der Waals surface area contributed by atoms with Gasteiger partial charge < -0.3 is 9.84 Å². The highest BCUT2D eigenvalue weighted by atomic mass is 79.9. The zero-order chi connectivity index (χ0) is 17.6. The Labute approximate surface area is 155 Å². The van der Waals surface area contributed by atoms with Crippen molar-refractivity contribution in [3.05, 3.63) is 58.7 Å². The van der Waals surface area contributed by atoms with Crippen molar-refractivity contribution < 1.29 is 14.6 Å². The summed E-state index contributed by atoms with van der Waals surface area (Å²) >= 11 is 3.35. The summed E-state index contributed by atoms with van der Waals surface area (Å²) in [6, 6.07) is 12.8. The topological polar surface area (TPSA) is 62.7 Å². The van der Waals surface area contributed by atoms with E-state index in [2.05, 4.69) is 20.9 Å². The first-order chi connectivity index (χ1) is 12.1. The van der Waals surface area contributed by atoms with Crippen LogP contribution in [-0.4, -0.2) is 28.3 Å². The molecule has 1 aliphatic carbocycles. The number of carbonyl (C=O) groups excluding carboxylic acids is 1. The van der Waals surface area contributed by atoms with Crippen LogP contribution in [-0.2, 0) is 11.3 Å². The highest BCUT2D eigenvalue weighted by Gasteiger charge is 2.34. The number of ether oxygens (including phenoxy) is 1. The first-order valence-corrected chi connectivity index (χ1v) is 9.24. The average molecular weight is 405 g/mol. The number of aromatic nitrogens is 1. The van der Waals surface area contributed by atoms with Gasteiger partial charge >= 0.3 is 6.09 Å². The summed E-state index contributed by atoms with van der Waals surface area (Å²) in [6.07, 6.45) is 3.96. The lowest BCUT2D eigenvalue weighted by Gasteiger charge is -2.36. The van der Waals surface area contributed by atoms with E-state index >= 15 is 0 Å². The highest BCUT2D eigenvalue weighted by Crippen LogP contribution is 2.28. The van der Waals surface area contributed by atoms with Gasteiger partial charge in [0.2, 0.25) is 0 Å². The lowest BCUT2D eigenvalue weighted by Crippen LogP contribution is -2.49. The van der Waals surface area contributed by atoms with Gasteiger partial charge in [0.25, 0.3) is 0 Å². The van der Waals surface area contributed by atoms with E-state index in [0.717, 1.165) is 29.3 Å². The Morgan fingerprint density at radius 3 is 2.64 bits per heavy atom. The van der Waals surface area contributed by atoms with Gasteiger partial charge in [0, 0.05) is 10.7 Å². The minimum atomic E-state index is -0.566. The third kappa shape index (κ3) is 4.58. The molecule has 2 atom stereocenters. The predicted molar refractivity (Wildman–Crippen MR) is 99.3 cm³/mol. The molecule has 0 spiro atoms. The van der Waals surface area contributed by atoms with Crippen LogP contribution in [0.2, 0.25) is 0 Å². The molecule has 0 unspecified atom stereocenters.